The molecule has 0 aliphatic rings. The lowest BCUT2D eigenvalue weighted by Crippen LogP contribution is -2.50. The van der Waals surface area contributed by atoms with Gasteiger partial charge in [0.2, 0.25) is 5.91 Å². The van der Waals surface area contributed by atoms with E-state index in [9.17, 15) is 19.5 Å². The average Bonchev–Trinajstić information content (AvgIpc) is 2.30. The molecular weight excluding hydrogens is 226 g/mol. The van der Waals surface area contributed by atoms with Crippen molar-refractivity contribution in [3.8, 4) is 0 Å². The van der Waals surface area contributed by atoms with E-state index in [0.29, 0.717) is 19.0 Å². The van der Waals surface area contributed by atoms with Crippen LogP contribution in [0, 0.1) is 0 Å². The van der Waals surface area contributed by atoms with E-state index in [1.165, 1.54) is 0 Å². The van der Waals surface area contributed by atoms with Crippen LogP contribution in [0.15, 0.2) is 0 Å². The zero-order valence-electron chi connectivity index (χ0n) is 9.54. The van der Waals surface area contributed by atoms with Crippen LogP contribution >= 0.6 is 0 Å². The van der Waals surface area contributed by atoms with Crippen molar-refractivity contribution in [1.29, 1.82) is 0 Å². The summed E-state index contributed by atoms with van der Waals surface area (Å²) in [5.41, 5.74) is 10.5. The van der Waals surface area contributed by atoms with Crippen LogP contribution in [0.1, 0.15) is 25.7 Å². The molecule has 0 heterocycles. The van der Waals surface area contributed by atoms with E-state index in [-0.39, 0.29) is 19.3 Å². The highest BCUT2D eigenvalue weighted by molar-refractivity contribution is 5.73. The van der Waals surface area contributed by atoms with Crippen LogP contribution < -0.4 is 16.8 Å². The quantitative estimate of drug-likeness (QED) is 0.260. The Balaban J connectivity index is 4.01. The molecule has 98 valence electrons. The predicted molar refractivity (Wildman–Crippen MR) is 60.7 cm³/mol. The largest absolute Gasteiger partial charge is 0.377 e. The van der Waals surface area contributed by atoms with Gasteiger partial charge in [0.05, 0.1) is 6.04 Å². The van der Waals surface area contributed by atoms with E-state index in [4.69, 9.17) is 11.5 Å². The van der Waals surface area contributed by atoms with Gasteiger partial charge in [-0.2, -0.15) is 0 Å². The SMILES string of the molecule is NC(=O)CCC(N)C(O)N[C@@H](C=O)CCC=O. The van der Waals surface area contributed by atoms with Gasteiger partial charge in [-0.1, -0.05) is 0 Å². The lowest BCUT2D eigenvalue weighted by atomic mass is 10.1. The number of aliphatic hydroxyl groups is 1. The van der Waals surface area contributed by atoms with Gasteiger partial charge >= 0.3 is 0 Å². The molecule has 0 aromatic heterocycles. The third-order valence-electron chi connectivity index (χ3n) is 2.27. The van der Waals surface area contributed by atoms with Crippen LogP contribution in [0.3, 0.4) is 0 Å². The van der Waals surface area contributed by atoms with Crippen LogP contribution in [-0.2, 0) is 14.4 Å². The van der Waals surface area contributed by atoms with Crippen molar-refractivity contribution >= 4 is 18.5 Å². The van der Waals surface area contributed by atoms with E-state index < -0.39 is 24.2 Å². The number of aliphatic hydroxyl groups excluding tert-OH is 1. The van der Waals surface area contributed by atoms with Gasteiger partial charge in [-0.15, -0.1) is 0 Å². The van der Waals surface area contributed by atoms with Crippen molar-refractivity contribution in [3.63, 3.8) is 0 Å². The number of nitrogens with two attached hydrogens (primary N) is 2. The summed E-state index contributed by atoms with van der Waals surface area (Å²) in [5, 5.41) is 12.2. The lowest BCUT2D eigenvalue weighted by Gasteiger charge is -2.22. The topological polar surface area (TPSA) is 136 Å². The molecule has 0 aliphatic carbocycles. The van der Waals surface area contributed by atoms with E-state index >= 15 is 0 Å². The van der Waals surface area contributed by atoms with Crippen LogP contribution in [0.5, 0.6) is 0 Å². The molecule has 1 amide bonds. The van der Waals surface area contributed by atoms with Gasteiger partial charge in [0.15, 0.2) is 0 Å². The van der Waals surface area contributed by atoms with Gasteiger partial charge in [0.1, 0.15) is 18.8 Å². The maximum atomic E-state index is 10.6. The second-order valence-corrected chi connectivity index (χ2v) is 3.77. The first-order chi connectivity index (χ1) is 8.01. The molecule has 7 nitrogen and oxygen atoms in total. The maximum Gasteiger partial charge on any atom is 0.217 e. The molecule has 2 unspecified atom stereocenters. The summed E-state index contributed by atoms with van der Waals surface area (Å²) in [4.78, 5) is 31.3. The summed E-state index contributed by atoms with van der Waals surface area (Å²) < 4.78 is 0. The standard InChI is InChI=1S/C10H19N3O4/c11-8(3-4-9(12)16)10(17)13-7(6-15)2-1-5-14/h5-8,10,13,17H,1-4,11H2,(H2,12,16)/t7-,8?,10?/m1/s1. The van der Waals surface area contributed by atoms with Gasteiger partial charge < -0.3 is 26.2 Å². The third-order valence-corrected chi connectivity index (χ3v) is 2.27. The highest BCUT2D eigenvalue weighted by Crippen LogP contribution is 2.00. The Labute approximate surface area is 99.5 Å². The molecule has 0 radical (unpaired) electrons. The van der Waals surface area contributed by atoms with Crippen LogP contribution in [0.25, 0.3) is 0 Å². The minimum absolute atomic E-state index is 0.0694. The highest BCUT2D eigenvalue weighted by Gasteiger charge is 2.18. The number of carbonyl (C=O) groups is 3. The monoisotopic (exact) mass is 245 g/mol. The Morgan fingerprint density at radius 1 is 1.35 bits per heavy atom. The smallest absolute Gasteiger partial charge is 0.217 e. The molecule has 6 N–H and O–H groups in total. The Bertz CT molecular complexity index is 260. The van der Waals surface area contributed by atoms with Crippen LogP contribution in [-0.4, -0.2) is 41.9 Å². The van der Waals surface area contributed by atoms with Crippen molar-refractivity contribution in [2.75, 3.05) is 0 Å². The summed E-state index contributed by atoms with van der Waals surface area (Å²) in [5.74, 6) is -0.499. The predicted octanol–water partition coefficient (Wildman–Crippen LogP) is -1.97. The van der Waals surface area contributed by atoms with E-state index in [1.54, 1.807) is 0 Å². The zero-order valence-corrected chi connectivity index (χ0v) is 9.54. The summed E-state index contributed by atoms with van der Waals surface area (Å²) in [7, 11) is 0. The molecule has 0 saturated heterocycles. The zero-order chi connectivity index (χ0) is 13.3. The summed E-state index contributed by atoms with van der Waals surface area (Å²) in [6.07, 6.45) is 0.997. The summed E-state index contributed by atoms with van der Waals surface area (Å²) >= 11 is 0. The van der Waals surface area contributed by atoms with Crippen LogP contribution in [0.4, 0.5) is 0 Å². The van der Waals surface area contributed by atoms with Gasteiger partial charge in [0, 0.05) is 18.9 Å². The third kappa shape index (κ3) is 7.56. The second kappa shape index (κ2) is 8.80. The van der Waals surface area contributed by atoms with E-state index in [0.717, 1.165) is 0 Å². The van der Waals surface area contributed by atoms with E-state index in [2.05, 4.69) is 5.32 Å². The van der Waals surface area contributed by atoms with Crippen molar-refractivity contribution < 1.29 is 19.5 Å². The van der Waals surface area contributed by atoms with Gasteiger partial charge in [-0.3, -0.25) is 10.1 Å². The van der Waals surface area contributed by atoms with Crippen LogP contribution in [0.2, 0.25) is 0 Å². The minimum Gasteiger partial charge on any atom is -0.377 e. The number of amides is 1. The fraction of sp³-hybridized carbons (Fsp3) is 0.700. The number of aldehydes is 2. The van der Waals surface area contributed by atoms with Crippen molar-refractivity contribution in [2.24, 2.45) is 11.5 Å². The molecule has 0 saturated carbocycles. The minimum atomic E-state index is -1.11. The highest BCUT2D eigenvalue weighted by atomic mass is 16.3. The fourth-order valence-electron chi connectivity index (χ4n) is 1.25. The first-order valence-electron chi connectivity index (χ1n) is 5.38. The summed E-state index contributed by atoms with van der Waals surface area (Å²) in [6.45, 7) is 0. The Morgan fingerprint density at radius 2 is 2.00 bits per heavy atom. The lowest BCUT2D eigenvalue weighted by molar-refractivity contribution is -0.118. The average molecular weight is 245 g/mol. The molecule has 17 heavy (non-hydrogen) atoms. The number of hydrogen-bond acceptors (Lipinski definition) is 6. The molecule has 0 spiro atoms. The van der Waals surface area contributed by atoms with Gasteiger partial charge in [-0.05, 0) is 12.8 Å². The van der Waals surface area contributed by atoms with Gasteiger partial charge in [0.25, 0.3) is 0 Å². The molecule has 0 rings (SSSR count). The molecule has 0 bridgehead atoms. The van der Waals surface area contributed by atoms with Crippen molar-refractivity contribution in [3.05, 3.63) is 0 Å². The fourth-order valence-corrected chi connectivity index (χ4v) is 1.25. The molecule has 7 heteroatoms. The normalized spacial score (nSPS) is 15.9. The number of nitrogens with one attached hydrogen (secondary N) is 1. The Hall–Kier alpha value is -1.31. The molecule has 0 fully saturated rings. The second-order valence-electron chi connectivity index (χ2n) is 3.77. The molecule has 3 atom stereocenters. The molecule has 0 aromatic rings. The van der Waals surface area contributed by atoms with E-state index in [1.807, 2.05) is 0 Å². The molecular formula is C10H19N3O4. The number of rotatable bonds is 10. The Kier molecular flexibility index (Phi) is 8.12. The first-order valence-corrected chi connectivity index (χ1v) is 5.38. The number of carbonyl (C=O) groups excluding carboxylic acids is 3. The Morgan fingerprint density at radius 3 is 2.47 bits per heavy atom. The van der Waals surface area contributed by atoms with Crippen molar-refractivity contribution in [2.45, 2.75) is 44.0 Å². The summed E-state index contributed by atoms with van der Waals surface area (Å²) in [6, 6.07) is -1.32. The number of hydrogen-bond donors (Lipinski definition) is 4. The van der Waals surface area contributed by atoms with Crippen molar-refractivity contribution in [1.82, 2.24) is 5.32 Å². The number of primary amides is 1. The molecule has 0 aliphatic heterocycles. The first kappa shape index (κ1) is 15.7. The van der Waals surface area contributed by atoms with Gasteiger partial charge in [-0.25, -0.2) is 0 Å². The maximum absolute atomic E-state index is 10.6. The molecule has 0 aromatic carbocycles.